The van der Waals surface area contributed by atoms with Gasteiger partial charge in [-0.3, -0.25) is 9.78 Å². The highest BCUT2D eigenvalue weighted by Gasteiger charge is 2.11. The molecule has 1 aromatic heterocycles. The lowest BCUT2D eigenvalue weighted by atomic mass is 10.1. The number of amides is 1. The number of hydrogen-bond acceptors (Lipinski definition) is 3. The van der Waals surface area contributed by atoms with E-state index in [0.717, 1.165) is 17.8 Å². The Labute approximate surface area is 103 Å². The van der Waals surface area contributed by atoms with E-state index in [2.05, 4.69) is 10.3 Å². The molecule has 1 heterocycles. The van der Waals surface area contributed by atoms with Crippen molar-refractivity contribution in [3.05, 3.63) is 53.6 Å². The number of phenolic OH excluding ortho intramolecular Hbond substituents is 1. The van der Waals surface area contributed by atoms with Crippen LogP contribution in [0.4, 0.5) is 10.1 Å². The van der Waals surface area contributed by atoms with Crippen LogP contribution in [-0.4, -0.2) is 16.0 Å². The quantitative estimate of drug-likeness (QED) is 0.855. The first-order valence-electron chi connectivity index (χ1n) is 5.28. The smallest absolute Gasteiger partial charge is 0.259 e. The minimum atomic E-state index is -0.541. The van der Waals surface area contributed by atoms with E-state index in [4.69, 9.17) is 0 Å². The fraction of sp³-hybridized carbons (Fsp3) is 0.0769. The molecule has 0 atom stereocenters. The lowest BCUT2D eigenvalue weighted by Crippen LogP contribution is -2.12. The predicted molar refractivity (Wildman–Crippen MR) is 65.0 cm³/mol. The molecule has 0 aliphatic heterocycles. The molecular weight excluding hydrogens is 235 g/mol. The zero-order chi connectivity index (χ0) is 13.1. The number of carbonyl (C=O) groups is 1. The number of hydrogen-bond donors (Lipinski definition) is 2. The van der Waals surface area contributed by atoms with Crippen molar-refractivity contribution in [1.82, 2.24) is 4.98 Å². The van der Waals surface area contributed by atoms with Gasteiger partial charge in [-0.05, 0) is 24.6 Å². The first-order chi connectivity index (χ1) is 8.56. The molecule has 2 rings (SSSR count). The van der Waals surface area contributed by atoms with E-state index in [1.165, 1.54) is 18.3 Å². The Bertz CT molecular complexity index is 599. The van der Waals surface area contributed by atoms with Crippen LogP contribution < -0.4 is 5.32 Å². The molecule has 4 nitrogen and oxygen atoms in total. The molecule has 0 bridgehead atoms. The van der Waals surface area contributed by atoms with Crippen LogP contribution in [0.3, 0.4) is 0 Å². The van der Waals surface area contributed by atoms with Crippen molar-refractivity contribution in [2.24, 2.45) is 0 Å². The third-order valence-corrected chi connectivity index (χ3v) is 2.36. The summed E-state index contributed by atoms with van der Waals surface area (Å²) in [4.78, 5) is 15.5. The molecule has 5 heteroatoms. The molecule has 18 heavy (non-hydrogen) atoms. The van der Waals surface area contributed by atoms with Crippen molar-refractivity contribution in [2.45, 2.75) is 6.92 Å². The summed E-state index contributed by atoms with van der Waals surface area (Å²) in [5.74, 6) is -1.17. The van der Waals surface area contributed by atoms with Crippen LogP contribution in [0.5, 0.6) is 5.75 Å². The average molecular weight is 246 g/mol. The van der Waals surface area contributed by atoms with Gasteiger partial charge in [-0.1, -0.05) is 6.07 Å². The Kier molecular flexibility index (Phi) is 3.23. The third-order valence-electron chi connectivity index (χ3n) is 2.36. The van der Waals surface area contributed by atoms with Crippen molar-refractivity contribution in [2.75, 3.05) is 5.32 Å². The molecule has 0 unspecified atom stereocenters. The van der Waals surface area contributed by atoms with Crippen molar-refractivity contribution < 1.29 is 14.3 Å². The second-order valence-corrected chi connectivity index (χ2v) is 3.87. The summed E-state index contributed by atoms with van der Waals surface area (Å²) in [6, 6.07) is 5.85. The van der Waals surface area contributed by atoms with E-state index in [1.807, 2.05) is 0 Å². The Hall–Kier alpha value is -2.43. The van der Waals surface area contributed by atoms with Crippen LogP contribution in [0, 0.1) is 12.7 Å². The van der Waals surface area contributed by atoms with Gasteiger partial charge in [0.15, 0.2) is 0 Å². The Balaban J connectivity index is 2.22. The average Bonchev–Trinajstić information content (AvgIpc) is 2.28. The SMILES string of the molecule is Cc1ccc(C(=O)Nc2cncc(F)c2)c(O)c1. The molecule has 0 aliphatic carbocycles. The van der Waals surface area contributed by atoms with E-state index >= 15 is 0 Å². The number of carbonyl (C=O) groups excluding carboxylic acids is 1. The zero-order valence-electron chi connectivity index (χ0n) is 9.64. The van der Waals surface area contributed by atoms with E-state index in [1.54, 1.807) is 13.0 Å². The van der Waals surface area contributed by atoms with Crippen molar-refractivity contribution in [3.8, 4) is 5.75 Å². The molecule has 0 saturated carbocycles. The minimum absolute atomic E-state index is 0.114. The third kappa shape index (κ3) is 2.63. The maximum Gasteiger partial charge on any atom is 0.259 e. The van der Waals surface area contributed by atoms with Gasteiger partial charge in [0.1, 0.15) is 11.6 Å². The van der Waals surface area contributed by atoms with Gasteiger partial charge in [-0.25, -0.2) is 4.39 Å². The first kappa shape index (κ1) is 12.0. The molecular formula is C13H11FN2O2. The van der Waals surface area contributed by atoms with Gasteiger partial charge < -0.3 is 10.4 Å². The lowest BCUT2D eigenvalue weighted by molar-refractivity contribution is 0.102. The van der Waals surface area contributed by atoms with Crippen LogP contribution in [0.25, 0.3) is 0 Å². The maximum absolute atomic E-state index is 12.9. The van der Waals surface area contributed by atoms with Crippen molar-refractivity contribution in [3.63, 3.8) is 0 Å². The maximum atomic E-state index is 12.9. The minimum Gasteiger partial charge on any atom is -0.507 e. The molecule has 0 aliphatic rings. The summed E-state index contributed by atoms with van der Waals surface area (Å²) in [7, 11) is 0. The van der Waals surface area contributed by atoms with Crippen LogP contribution in [0.1, 0.15) is 15.9 Å². The van der Waals surface area contributed by atoms with Crippen LogP contribution in [0.2, 0.25) is 0 Å². The number of aromatic hydroxyl groups is 1. The summed E-state index contributed by atoms with van der Waals surface area (Å²) in [6.07, 6.45) is 2.37. The van der Waals surface area contributed by atoms with Crippen molar-refractivity contribution in [1.29, 1.82) is 0 Å². The summed E-state index contributed by atoms with van der Waals surface area (Å²) >= 11 is 0. The fourth-order valence-corrected chi connectivity index (χ4v) is 1.51. The van der Waals surface area contributed by atoms with Gasteiger partial charge in [-0.2, -0.15) is 0 Å². The number of benzene rings is 1. The van der Waals surface area contributed by atoms with Gasteiger partial charge >= 0.3 is 0 Å². The largest absolute Gasteiger partial charge is 0.507 e. The highest BCUT2D eigenvalue weighted by molar-refractivity contribution is 6.06. The summed E-state index contributed by atoms with van der Waals surface area (Å²) in [5, 5.41) is 12.1. The van der Waals surface area contributed by atoms with Crippen LogP contribution in [0.15, 0.2) is 36.7 Å². The summed E-state index contributed by atoms with van der Waals surface area (Å²) < 4.78 is 12.9. The Morgan fingerprint density at radius 1 is 1.33 bits per heavy atom. The van der Waals surface area contributed by atoms with E-state index in [0.29, 0.717) is 0 Å². The van der Waals surface area contributed by atoms with E-state index < -0.39 is 11.7 Å². The molecule has 92 valence electrons. The van der Waals surface area contributed by atoms with Gasteiger partial charge in [0.05, 0.1) is 23.6 Å². The predicted octanol–water partition coefficient (Wildman–Crippen LogP) is 2.49. The monoisotopic (exact) mass is 246 g/mol. The molecule has 1 amide bonds. The van der Waals surface area contributed by atoms with Gasteiger partial charge in [0.2, 0.25) is 0 Å². The van der Waals surface area contributed by atoms with Gasteiger partial charge in [0, 0.05) is 6.07 Å². The molecule has 0 fully saturated rings. The highest BCUT2D eigenvalue weighted by Crippen LogP contribution is 2.19. The second kappa shape index (κ2) is 4.83. The van der Waals surface area contributed by atoms with Crippen molar-refractivity contribution >= 4 is 11.6 Å². The van der Waals surface area contributed by atoms with Crippen LogP contribution in [-0.2, 0) is 0 Å². The molecule has 0 radical (unpaired) electrons. The topological polar surface area (TPSA) is 62.2 Å². The second-order valence-electron chi connectivity index (χ2n) is 3.87. The highest BCUT2D eigenvalue weighted by atomic mass is 19.1. The van der Waals surface area contributed by atoms with E-state index in [-0.39, 0.29) is 17.0 Å². The number of nitrogens with one attached hydrogen (secondary N) is 1. The Morgan fingerprint density at radius 3 is 2.78 bits per heavy atom. The normalized spacial score (nSPS) is 10.1. The Morgan fingerprint density at radius 2 is 2.11 bits per heavy atom. The number of rotatable bonds is 2. The number of anilines is 1. The first-order valence-corrected chi connectivity index (χ1v) is 5.28. The fourth-order valence-electron chi connectivity index (χ4n) is 1.51. The number of aromatic nitrogens is 1. The molecule has 0 spiro atoms. The van der Waals surface area contributed by atoms with Crippen LogP contribution >= 0.6 is 0 Å². The molecule has 0 saturated heterocycles. The number of nitrogens with zero attached hydrogens (tertiary/aromatic N) is 1. The summed E-state index contributed by atoms with van der Waals surface area (Å²) in [6.45, 7) is 1.80. The lowest BCUT2D eigenvalue weighted by Gasteiger charge is -2.07. The number of pyridine rings is 1. The number of aryl methyl sites for hydroxylation is 1. The molecule has 2 aromatic rings. The molecule has 1 aromatic carbocycles. The number of halogens is 1. The van der Waals surface area contributed by atoms with Gasteiger partial charge in [-0.15, -0.1) is 0 Å². The molecule has 2 N–H and O–H groups in total. The van der Waals surface area contributed by atoms with Gasteiger partial charge in [0.25, 0.3) is 5.91 Å². The standard InChI is InChI=1S/C13H11FN2O2/c1-8-2-3-11(12(17)4-8)13(18)16-10-5-9(14)6-15-7-10/h2-7,17H,1H3,(H,16,18). The zero-order valence-corrected chi connectivity index (χ0v) is 9.64. The summed E-state index contributed by atoms with van der Waals surface area (Å²) in [5.41, 5.74) is 1.21. The number of phenols is 1. The van der Waals surface area contributed by atoms with E-state index in [9.17, 15) is 14.3 Å².